The van der Waals surface area contributed by atoms with Gasteiger partial charge in [0.25, 0.3) is 0 Å². The summed E-state index contributed by atoms with van der Waals surface area (Å²) in [6.45, 7) is 6.85. The van der Waals surface area contributed by atoms with Crippen molar-refractivity contribution >= 4 is 6.09 Å². The fourth-order valence-electron chi connectivity index (χ4n) is 1.17. The molecule has 2 N–H and O–H groups in total. The van der Waals surface area contributed by atoms with Crippen molar-refractivity contribution in [3.8, 4) is 0 Å². The summed E-state index contributed by atoms with van der Waals surface area (Å²) in [4.78, 5) is 11.2. The monoisotopic (exact) mass is 270 g/mol. The average molecular weight is 270 g/mol. The van der Waals surface area contributed by atoms with Gasteiger partial charge in [0.1, 0.15) is 5.60 Å². The lowest BCUT2D eigenvalue weighted by atomic mass is 10.1. The van der Waals surface area contributed by atoms with E-state index in [-0.39, 0.29) is 12.5 Å². The molecular weight excluding hydrogens is 249 g/mol. The highest BCUT2D eigenvalue weighted by Crippen LogP contribution is 2.22. The summed E-state index contributed by atoms with van der Waals surface area (Å²) >= 11 is 0. The normalized spacial score (nSPS) is 14.2. The Morgan fingerprint density at radius 1 is 1.28 bits per heavy atom. The lowest BCUT2D eigenvalue weighted by molar-refractivity contribution is -0.135. The Bertz CT molecular complexity index is 262. The number of ether oxygens (including phenoxy) is 1. The number of alkyl halides is 3. The van der Waals surface area contributed by atoms with Crippen LogP contribution >= 0.6 is 0 Å². The second-order valence-corrected chi connectivity index (χ2v) is 5.18. The van der Waals surface area contributed by atoms with E-state index in [1.54, 1.807) is 27.7 Å². The minimum Gasteiger partial charge on any atom is -0.443 e. The number of rotatable bonds is 5. The van der Waals surface area contributed by atoms with Crippen LogP contribution in [0.1, 0.15) is 47.0 Å². The Morgan fingerprint density at radius 3 is 2.28 bits per heavy atom. The van der Waals surface area contributed by atoms with Crippen molar-refractivity contribution in [2.45, 2.75) is 64.8 Å². The molecule has 0 aliphatic heterocycles. The topological polar surface area (TPSA) is 50.4 Å². The van der Waals surface area contributed by atoms with Gasteiger partial charge in [0.2, 0.25) is 0 Å². The van der Waals surface area contributed by atoms with Gasteiger partial charge in [0, 0.05) is 12.5 Å². The maximum Gasteiger partial charge on any atom is 0.422 e. The number of hydrazine groups is 1. The molecule has 0 saturated carbocycles. The Kier molecular flexibility index (Phi) is 6.45. The third-order valence-electron chi connectivity index (χ3n) is 1.92. The minimum atomic E-state index is -4.13. The standard InChI is InChI=1S/C11H21F3N2O2/c1-8(6-5-7-11(12,13)14)15-16-9(17)18-10(2,3)4/h8,15H,5-7H2,1-4H3,(H,16,17). The first-order chi connectivity index (χ1) is 7.99. The number of hydrogen-bond donors (Lipinski definition) is 2. The third-order valence-corrected chi connectivity index (χ3v) is 1.92. The third kappa shape index (κ3) is 11.5. The van der Waals surface area contributed by atoms with Gasteiger partial charge in [-0.25, -0.2) is 10.2 Å². The fourth-order valence-corrected chi connectivity index (χ4v) is 1.17. The van der Waals surface area contributed by atoms with Gasteiger partial charge in [-0.05, 0) is 40.5 Å². The zero-order valence-electron chi connectivity index (χ0n) is 11.1. The minimum absolute atomic E-state index is 0.0215. The van der Waals surface area contributed by atoms with Gasteiger partial charge in [-0.15, -0.1) is 0 Å². The molecule has 0 aromatic heterocycles. The molecule has 0 spiro atoms. The van der Waals surface area contributed by atoms with E-state index < -0.39 is 24.3 Å². The van der Waals surface area contributed by atoms with Crippen molar-refractivity contribution in [2.75, 3.05) is 0 Å². The van der Waals surface area contributed by atoms with Crippen LogP contribution < -0.4 is 10.9 Å². The molecule has 0 saturated heterocycles. The SMILES string of the molecule is CC(CCCC(F)(F)F)NNC(=O)OC(C)(C)C. The van der Waals surface area contributed by atoms with Crippen LogP contribution in [0.2, 0.25) is 0 Å². The molecule has 0 heterocycles. The van der Waals surface area contributed by atoms with Crippen LogP contribution in [0.25, 0.3) is 0 Å². The number of carbonyl (C=O) groups is 1. The van der Waals surface area contributed by atoms with E-state index >= 15 is 0 Å². The maximum atomic E-state index is 11.9. The summed E-state index contributed by atoms with van der Waals surface area (Å²) in [6.07, 6.45) is -5.25. The molecule has 0 radical (unpaired) electrons. The summed E-state index contributed by atoms with van der Waals surface area (Å²) in [5, 5.41) is 0. The quantitative estimate of drug-likeness (QED) is 0.755. The number of amides is 1. The van der Waals surface area contributed by atoms with Gasteiger partial charge in [-0.3, -0.25) is 5.43 Å². The van der Waals surface area contributed by atoms with Gasteiger partial charge >= 0.3 is 12.3 Å². The first-order valence-electron chi connectivity index (χ1n) is 5.81. The lowest BCUT2D eigenvalue weighted by Crippen LogP contribution is -2.45. The Labute approximate surface area is 105 Å². The van der Waals surface area contributed by atoms with E-state index in [2.05, 4.69) is 10.9 Å². The molecule has 0 aliphatic rings. The molecule has 0 bridgehead atoms. The molecule has 18 heavy (non-hydrogen) atoms. The van der Waals surface area contributed by atoms with Crippen LogP contribution in [0.3, 0.4) is 0 Å². The van der Waals surface area contributed by atoms with Crippen LogP contribution in [0.15, 0.2) is 0 Å². The van der Waals surface area contributed by atoms with Crippen LogP contribution in [-0.2, 0) is 4.74 Å². The molecule has 108 valence electrons. The highest BCUT2D eigenvalue weighted by molar-refractivity contribution is 5.66. The number of halogens is 3. The molecule has 0 rings (SSSR count). The van der Waals surface area contributed by atoms with E-state index in [1.807, 2.05) is 0 Å². The van der Waals surface area contributed by atoms with E-state index in [0.29, 0.717) is 6.42 Å². The van der Waals surface area contributed by atoms with Crippen molar-refractivity contribution in [1.82, 2.24) is 10.9 Å². The Morgan fingerprint density at radius 2 is 1.83 bits per heavy atom. The van der Waals surface area contributed by atoms with Gasteiger partial charge in [-0.1, -0.05) is 0 Å². The molecule has 0 fully saturated rings. The molecule has 0 aliphatic carbocycles. The van der Waals surface area contributed by atoms with Gasteiger partial charge in [0.15, 0.2) is 0 Å². The first-order valence-corrected chi connectivity index (χ1v) is 5.81. The molecule has 0 aromatic carbocycles. The van der Waals surface area contributed by atoms with E-state index in [0.717, 1.165) is 0 Å². The highest BCUT2D eigenvalue weighted by atomic mass is 19.4. The summed E-state index contributed by atoms with van der Waals surface area (Å²) in [6, 6.07) is -0.250. The van der Waals surface area contributed by atoms with Gasteiger partial charge in [-0.2, -0.15) is 13.2 Å². The lowest BCUT2D eigenvalue weighted by Gasteiger charge is -2.21. The molecule has 0 aromatic rings. The summed E-state index contributed by atoms with van der Waals surface area (Å²) in [5.41, 5.74) is 4.29. The molecule has 4 nitrogen and oxygen atoms in total. The van der Waals surface area contributed by atoms with E-state index in [4.69, 9.17) is 4.74 Å². The smallest absolute Gasteiger partial charge is 0.422 e. The Balaban J connectivity index is 3.71. The van der Waals surface area contributed by atoms with E-state index in [1.165, 1.54) is 0 Å². The molecule has 7 heteroatoms. The maximum absolute atomic E-state index is 11.9. The van der Waals surface area contributed by atoms with E-state index in [9.17, 15) is 18.0 Å². The second kappa shape index (κ2) is 6.82. The number of hydrogen-bond acceptors (Lipinski definition) is 3. The summed E-state index contributed by atoms with van der Waals surface area (Å²) in [5.74, 6) is 0. The predicted octanol–water partition coefficient (Wildman–Crippen LogP) is 3.14. The van der Waals surface area contributed by atoms with Crippen molar-refractivity contribution in [3.05, 3.63) is 0 Å². The van der Waals surface area contributed by atoms with Crippen molar-refractivity contribution in [3.63, 3.8) is 0 Å². The predicted molar refractivity (Wildman–Crippen MR) is 61.9 cm³/mol. The van der Waals surface area contributed by atoms with Crippen LogP contribution in [-0.4, -0.2) is 23.9 Å². The average Bonchev–Trinajstić information content (AvgIpc) is 2.09. The van der Waals surface area contributed by atoms with Crippen LogP contribution in [0, 0.1) is 0 Å². The van der Waals surface area contributed by atoms with Crippen molar-refractivity contribution in [1.29, 1.82) is 0 Å². The molecular formula is C11H21F3N2O2. The molecule has 1 atom stereocenters. The summed E-state index contributed by atoms with van der Waals surface area (Å²) in [7, 11) is 0. The molecule has 1 amide bonds. The Hall–Kier alpha value is -0.980. The fraction of sp³-hybridized carbons (Fsp3) is 0.909. The van der Waals surface area contributed by atoms with Gasteiger partial charge < -0.3 is 4.74 Å². The summed E-state index contributed by atoms with van der Waals surface area (Å²) < 4.78 is 40.6. The van der Waals surface area contributed by atoms with Gasteiger partial charge in [0.05, 0.1) is 0 Å². The van der Waals surface area contributed by atoms with Crippen molar-refractivity contribution in [2.24, 2.45) is 0 Å². The molecule has 1 unspecified atom stereocenters. The first kappa shape index (κ1) is 17.0. The number of nitrogens with one attached hydrogen (secondary N) is 2. The zero-order chi connectivity index (χ0) is 14.4. The number of carbonyl (C=O) groups excluding carboxylic acids is 1. The zero-order valence-corrected chi connectivity index (χ0v) is 11.1. The largest absolute Gasteiger partial charge is 0.443 e. The second-order valence-electron chi connectivity index (χ2n) is 5.18. The van der Waals surface area contributed by atoms with Crippen LogP contribution in [0.5, 0.6) is 0 Å². The highest BCUT2D eigenvalue weighted by Gasteiger charge is 2.26. The van der Waals surface area contributed by atoms with Crippen LogP contribution in [0.4, 0.5) is 18.0 Å². The van der Waals surface area contributed by atoms with Crippen molar-refractivity contribution < 1.29 is 22.7 Å².